The van der Waals surface area contributed by atoms with Gasteiger partial charge in [0.05, 0.1) is 23.9 Å². The molecule has 0 saturated heterocycles. The number of carbonyl (C=O) groups is 2. The summed E-state index contributed by atoms with van der Waals surface area (Å²) >= 11 is 0. The first-order valence-corrected chi connectivity index (χ1v) is 11.6. The zero-order chi connectivity index (χ0) is 22.1. The monoisotopic (exact) mass is 429 g/mol. The van der Waals surface area contributed by atoms with E-state index in [1.807, 2.05) is 13.0 Å². The van der Waals surface area contributed by atoms with Crippen LogP contribution < -0.4 is 10.1 Å². The first-order chi connectivity index (χ1) is 14.9. The van der Waals surface area contributed by atoms with Crippen molar-refractivity contribution >= 4 is 17.5 Å². The summed E-state index contributed by atoms with van der Waals surface area (Å²) in [6, 6.07) is 5.05. The Morgan fingerprint density at radius 2 is 2.03 bits per heavy atom. The van der Waals surface area contributed by atoms with Gasteiger partial charge in [-0.2, -0.15) is 0 Å². The minimum Gasteiger partial charge on any atom is -0.486 e. The smallest absolute Gasteiger partial charge is 0.258 e. The molecular weight excluding hydrogens is 394 g/mol. The number of anilines is 1. The molecule has 2 amide bonds. The van der Waals surface area contributed by atoms with Gasteiger partial charge in [-0.15, -0.1) is 0 Å². The minimum absolute atomic E-state index is 0.0115. The van der Waals surface area contributed by atoms with Gasteiger partial charge in [0.2, 0.25) is 5.91 Å². The van der Waals surface area contributed by atoms with Crippen molar-refractivity contribution in [3.8, 4) is 5.75 Å². The normalized spacial score (nSPS) is 24.8. The van der Waals surface area contributed by atoms with Crippen molar-refractivity contribution in [2.45, 2.75) is 51.7 Å². The molecule has 7 nitrogen and oxygen atoms in total. The number of benzene rings is 1. The van der Waals surface area contributed by atoms with Gasteiger partial charge in [0.15, 0.2) is 5.75 Å². The molecule has 0 radical (unpaired) electrons. The van der Waals surface area contributed by atoms with Crippen molar-refractivity contribution < 1.29 is 19.4 Å². The van der Waals surface area contributed by atoms with E-state index in [1.54, 1.807) is 17.0 Å². The maximum absolute atomic E-state index is 13.4. The summed E-state index contributed by atoms with van der Waals surface area (Å²) in [5.41, 5.74) is 0.999. The highest BCUT2D eigenvalue weighted by Gasteiger charge is 2.36. The molecular formula is C24H35N3O4. The molecule has 4 rings (SSSR count). The second-order valence-electron chi connectivity index (χ2n) is 9.73. The highest BCUT2D eigenvalue weighted by atomic mass is 16.5. The van der Waals surface area contributed by atoms with Crippen LogP contribution in [0.1, 0.15) is 49.9 Å². The number of amides is 2. The third kappa shape index (κ3) is 5.21. The summed E-state index contributed by atoms with van der Waals surface area (Å²) in [5, 5.41) is 12.8. The molecule has 2 saturated carbocycles. The molecule has 0 unspecified atom stereocenters. The number of nitrogens with one attached hydrogen (secondary N) is 1. The lowest BCUT2D eigenvalue weighted by Gasteiger charge is -2.38. The van der Waals surface area contributed by atoms with E-state index in [0.29, 0.717) is 23.5 Å². The lowest BCUT2D eigenvalue weighted by molar-refractivity contribution is -0.117. The summed E-state index contributed by atoms with van der Waals surface area (Å²) in [7, 11) is 2.12. The summed E-state index contributed by atoms with van der Waals surface area (Å²) in [6.45, 7) is 6.17. The fraction of sp³-hybridized carbons (Fsp3) is 0.667. The molecule has 31 heavy (non-hydrogen) atoms. The maximum Gasteiger partial charge on any atom is 0.258 e. The third-order valence-corrected chi connectivity index (χ3v) is 6.66. The van der Waals surface area contributed by atoms with E-state index < -0.39 is 0 Å². The Bertz CT molecular complexity index is 821. The molecule has 0 spiro atoms. The summed E-state index contributed by atoms with van der Waals surface area (Å²) < 4.78 is 6.52. The van der Waals surface area contributed by atoms with Crippen LogP contribution in [0.15, 0.2) is 18.2 Å². The van der Waals surface area contributed by atoms with E-state index in [1.165, 1.54) is 12.8 Å². The van der Waals surface area contributed by atoms with E-state index in [0.717, 1.165) is 31.8 Å². The number of ether oxygens (including phenoxy) is 1. The number of carbonyl (C=O) groups excluding carboxylic acids is 2. The lowest BCUT2D eigenvalue weighted by atomic mass is 9.99. The fourth-order valence-electron chi connectivity index (χ4n) is 4.26. The first kappa shape index (κ1) is 22.1. The van der Waals surface area contributed by atoms with Crippen LogP contribution in [0.25, 0.3) is 0 Å². The van der Waals surface area contributed by atoms with Gasteiger partial charge in [0, 0.05) is 31.5 Å². The molecule has 2 aliphatic carbocycles. The van der Waals surface area contributed by atoms with Crippen LogP contribution in [0.2, 0.25) is 0 Å². The van der Waals surface area contributed by atoms with E-state index in [2.05, 4.69) is 24.2 Å². The van der Waals surface area contributed by atoms with Crippen LogP contribution in [-0.2, 0) is 4.79 Å². The standard InChI is InChI=1S/C24H35N3O4/c1-15-11-27(16(2)14-28)24(30)19-5-4-6-20(25-23(29)18-9-10-18)22(19)31-21(15)13-26(3)12-17-7-8-17/h4-6,15-18,21,28H,7-14H2,1-3H3,(H,25,29)/t15-,16-,21-/m0/s1. The Balaban J connectivity index is 1.66. The van der Waals surface area contributed by atoms with Crippen LogP contribution in [0.3, 0.4) is 0 Å². The van der Waals surface area contributed by atoms with Gasteiger partial charge in [-0.1, -0.05) is 13.0 Å². The van der Waals surface area contributed by atoms with Gasteiger partial charge in [-0.3, -0.25) is 9.59 Å². The second kappa shape index (κ2) is 9.17. The number of aliphatic hydroxyl groups excluding tert-OH is 1. The minimum atomic E-state index is -0.296. The average molecular weight is 430 g/mol. The molecule has 2 N–H and O–H groups in total. The molecule has 3 aliphatic rings. The number of rotatable bonds is 8. The van der Waals surface area contributed by atoms with Crippen LogP contribution in [0, 0.1) is 17.8 Å². The predicted molar refractivity (Wildman–Crippen MR) is 119 cm³/mol. The fourth-order valence-corrected chi connectivity index (χ4v) is 4.26. The molecule has 1 aliphatic heterocycles. The number of aliphatic hydroxyl groups is 1. The highest BCUT2D eigenvalue weighted by molar-refractivity contribution is 6.02. The second-order valence-corrected chi connectivity index (χ2v) is 9.73. The van der Waals surface area contributed by atoms with Gasteiger partial charge < -0.3 is 25.0 Å². The van der Waals surface area contributed by atoms with Gasteiger partial charge >= 0.3 is 0 Å². The molecule has 1 aromatic carbocycles. The van der Waals surface area contributed by atoms with Crippen molar-refractivity contribution in [2.75, 3.05) is 38.6 Å². The number of nitrogens with zero attached hydrogens (tertiary/aromatic N) is 2. The van der Waals surface area contributed by atoms with Crippen molar-refractivity contribution in [3.63, 3.8) is 0 Å². The topological polar surface area (TPSA) is 82.1 Å². The number of hydrogen-bond donors (Lipinski definition) is 2. The number of para-hydroxylation sites is 1. The van der Waals surface area contributed by atoms with Crippen LogP contribution in [-0.4, -0.2) is 72.2 Å². The van der Waals surface area contributed by atoms with Crippen molar-refractivity contribution in [1.29, 1.82) is 0 Å². The Labute approximate surface area is 184 Å². The van der Waals surface area contributed by atoms with Crippen LogP contribution in [0.4, 0.5) is 5.69 Å². The summed E-state index contributed by atoms with van der Waals surface area (Å²) in [5.74, 6) is 1.18. The average Bonchev–Trinajstić information content (AvgIpc) is 3.64. The van der Waals surface area contributed by atoms with E-state index in [4.69, 9.17) is 4.74 Å². The van der Waals surface area contributed by atoms with Gasteiger partial charge in [-0.25, -0.2) is 0 Å². The zero-order valence-electron chi connectivity index (χ0n) is 18.8. The SMILES string of the molecule is C[C@H]1CN([C@@H](C)CO)C(=O)c2cccc(NC(=O)C3CC3)c2O[C@H]1CN(C)CC1CC1. The van der Waals surface area contributed by atoms with E-state index in [9.17, 15) is 14.7 Å². The maximum atomic E-state index is 13.4. The molecule has 7 heteroatoms. The molecule has 1 aromatic rings. The molecule has 2 fully saturated rings. The largest absolute Gasteiger partial charge is 0.486 e. The Morgan fingerprint density at radius 1 is 1.29 bits per heavy atom. The van der Waals surface area contributed by atoms with E-state index >= 15 is 0 Å². The van der Waals surface area contributed by atoms with Crippen molar-refractivity contribution in [2.24, 2.45) is 17.8 Å². The van der Waals surface area contributed by atoms with Gasteiger partial charge in [0.1, 0.15) is 6.10 Å². The Morgan fingerprint density at radius 3 is 2.68 bits per heavy atom. The van der Waals surface area contributed by atoms with Crippen molar-refractivity contribution in [3.05, 3.63) is 23.8 Å². The molecule has 170 valence electrons. The van der Waals surface area contributed by atoms with Crippen LogP contribution >= 0.6 is 0 Å². The predicted octanol–water partition coefficient (Wildman–Crippen LogP) is 2.60. The summed E-state index contributed by atoms with van der Waals surface area (Å²) in [6.07, 6.45) is 4.27. The quantitative estimate of drug-likeness (QED) is 0.664. The molecule has 1 heterocycles. The number of likely N-dealkylation sites (N-methyl/N-ethyl adjacent to an activating group) is 1. The Hall–Kier alpha value is -2.12. The van der Waals surface area contributed by atoms with Crippen molar-refractivity contribution in [1.82, 2.24) is 9.80 Å². The number of fused-ring (bicyclic) bond motifs is 1. The molecule has 0 aromatic heterocycles. The van der Waals surface area contributed by atoms with Crippen LogP contribution in [0.5, 0.6) is 5.75 Å². The lowest BCUT2D eigenvalue weighted by Crippen LogP contribution is -2.50. The zero-order valence-corrected chi connectivity index (χ0v) is 18.8. The van der Waals surface area contributed by atoms with Gasteiger partial charge in [0.25, 0.3) is 5.91 Å². The highest BCUT2D eigenvalue weighted by Crippen LogP contribution is 2.37. The Kier molecular flexibility index (Phi) is 6.53. The van der Waals surface area contributed by atoms with E-state index in [-0.39, 0.29) is 42.4 Å². The molecule has 0 bridgehead atoms. The summed E-state index contributed by atoms with van der Waals surface area (Å²) in [4.78, 5) is 29.9. The molecule has 3 atom stereocenters. The van der Waals surface area contributed by atoms with Gasteiger partial charge in [-0.05, 0) is 57.7 Å². The first-order valence-electron chi connectivity index (χ1n) is 11.6. The third-order valence-electron chi connectivity index (χ3n) is 6.66. The number of hydrogen-bond acceptors (Lipinski definition) is 5.